The quantitative estimate of drug-likeness (QED) is 0.580. The monoisotopic (exact) mass is 355 g/mol. The Kier molecular flexibility index (Phi) is 6.12. The molecule has 4 nitrogen and oxygen atoms in total. The zero-order valence-electron chi connectivity index (χ0n) is 13.9. The second-order valence-electron chi connectivity index (χ2n) is 6.11. The van der Waals surface area contributed by atoms with Crippen LogP contribution in [0.1, 0.15) is 28.8 Å². The second-order valence-corrected chi connectivity index (χ2v) is 7.16. The van der Waals surface area contributed by atoms with Crippen LogP contribution in [0.3, 0.4) is 0 Å². The smallest absolute Gasteiger partial charge is 0.325 e. The Morgan fingerprint density at radius 2 is 1.76 bits per heavy atom. The minimum absolute atomic E-state index is 0.0872. The molecule has 0 unspecified atom stereocenters. The fourth-order valence-corrected chi connectivity index (χ4v) is 3.10. The minimum atomic E-state index is -0.379. The standard InChI is InChI=1S/C20H21NO3S/c22-19(24-13-15-6-7-15)12-21-20(23)17-8-10-18(11-9-17)25-14-16-4-2-1-3-5-16/h1-5,8-11,15H,6-7,12-14H2,(H,21,23). The molecule has 25 heavy (non-hydrogen) atoms. The van der Waals surface area contributed by atoms with Gasteiger partial charge in [0.15, 0.2) is 0 Å². The zero-order valence-corrected chi connectivity index (χ0v) is 14.8. The van der Waals surface area contributed by atoms with Gasteiger partial charge in [0.2, 0.25) is 0 Å². The highest BCUT2D eigenvalue weighted by Gasteiger charge is 2.23. The van der Waals surface area contributed by atoms with E-state index < -0.39 is 0 Å². The van der Waals surface area contributed by atoms with E-state index in [1.54, 1.807) is 23.9 Å². The van der Waals surface area contributed by atoms with Crippen molar-refractivity contribution in [1.29, 1.82) is 0 Å². The first-order valence-electron chi connectivity index (χ1n) is 8.41. The van der Waals surface area contributed by atoms with Gasteiger partial charge in [0.1, 0.15) is 6.54 Å². The Balaban J connectivity index is 1.42. The molecule has 0 heterocycles. The Morgan fingerprint density at radius 3 is 2.44 bits per heavy atom. The van der Waals surface area contributed by atoms with Crippen molar-refractivity contribution in [2.24, 2.45) is 5.92 Å². The molecule has 0 aliphatic heterocycles. The fraction of sp³-hybridized carbons (Fsp3) is 0.300. The molecule has 1 fully saturated rings. The van der Waals surface area contributed by atoms with Gasteiger partial charge in [-0.05, 0) is 48.6 Å². The third-order valence-electron chi connectivity index (χ3n) is 3.94. The molecule has 130 valence electrons. The highest BCUT2D eigenvalue weighted by Crippen LogP contribution is 2.28. The normalized spacial score (nSPS) is 13.3. The average Bonchev–Trinajstić information content (AvgIpc) is 3.48. The van der Waals surface area contributed by atoms with Gasteiger partial charge in [0.05, 0.1) is 6.61 Å². The van der Waals surface area contributed by atoms with Gasteiger partial charge >= 0.3 is 5.97 Å². The number of thioether (sulfide) groups is 1. The van der Waals surface area contributed by atoms with Crippen LogP contribution in [-0.2, 0) is 15.3 Å². The maximum absolute atomic E-state index is 12.1. The summed E-state index contributed by atoms with van der Waals surface area (Å²) in [5.74, 6) is 0.776. The summed E-state index contributed by atoms with van der Waals surface area (Å²) >= 11 is 1.72. The molecule has 2 aromatic rings. The van der Waals surface area contributed by atoms with E-state index in [9.17, 15) is 9.59 Å². The van der Waals surface area contributed by atoms with Crippen molar-refractivity contribution >= 4 is 23.6 Å². The lowest BCUT2D eigenvalue weighted by Crippen LogP contribution is -2.30. The van der Waals surface area contributed by atoms with Crippen molar-refractivity contribution < 1.29 is 14.3 Å². The van der Waals surface area contributed by atoms with Gasteiger partial charge in [-0.15, -0.1) is 11.8 Å². The first kappa shape index (κ1) is 17.5. The molecule has 0 saturated heterocycles. The van der Waals surface area contributed by atoms with Crippen molar-refractivity contribution in [3.63, 3.8) is 0 Å². The van der Waals surface area contributed by atoms with Crippen LogP contribution in [0.2, 0.25) is 0 Å². The molecular formula is C20H21NO3S. The lowest BCUT2D eigenvalue weighted by Gasteiger charge is -2.07. The van der Waals surface area contributed by atoms with Crippen molar-refractivity contribution in [2.45, 2.75) is 23.5 Å². The molecule has 1 aliphatic rings. The Labute approximate surface area is 152 Å². The maximum Gasteiger partial charge on any atom is 0.325 e. The first-order valence-corrected chi connectivity index (χ1v) is 9.40. The van der Waals surface area contributed by atoms with E-state index in [1.165, 1.54) is 5.56 Å². The van der Waals surface area contributed by atoms with E-state index in [4.69, 9.17) is 4.74 Å². The van der Waals surface area contributed by atoms with E-state index in [2.05, 4.69) is 17.4 Å². The van der Waals surface area contributed by atoms with Crippen LogP contribution in [0.4, 0.5) is 0 Å². The summed E-state index contributed by atoms with van der Waals surface area (Å²) in [6.07, 6.45) is 2.27. The predicted octanol–water partition coefficient (Wildman–Crippen LogP) is 3.66. The van der Waals surface area contributed by atoms with Crippen LogP contribution >= 0.6 is 11.8 Å². The molecule has 0 radical (unpaired) electrons. The summed E-state index contributed by atoms with van der Waals surface area (Å²) in [6, 6.07) is 17.6. The third-order valence-corrected chi connectivity index (χ3v) is 5.02. The summed E-state index contributed by atoms with van der Waals surface area (Å²) in [6.45, 7) is 0.387. The minimum Gasteiger partial charge on any atom is -0.464 e. The largest absolute Gasteiger partial charge is 0.464 e. The van der Waals surface area contributed by atoms with Gasteiger partial charge < -0.3 is 10.1 Å². The summed E-state index contributed by atoms with van der Waals surface area (Å²) in [5, 5.41) is 2.60. The second kappa shape index (κ2) is 8.72. The average molecular weight is 355 g/mol. The first-order chi connectivity index (χ1) is 12.2. The third kappa shape index (κ3) is 5.94. The number of benzene rings is 2. The lowest BCUT2D eigenvalue weighted by molar-refractivity contribution is -0.142. The van der Waals surface area contributed by atoms with Gasteiger partial charge in [-0.1, -0.05) is 30.3 Å². The number of hydrogen-bond donors (Lipinski definition) is 1. The van der Waals surface area contributed by atoms with Crippen LogP contribution in [0.25, 0.3) is 0 Å². The Bertz CT molecular complexity index is 711. The summed E-state index contributed by atoms with van der Waals surface area (Å²) < 4.78 is 5.09. The SMILES string of the molecule is O=C(CNC(=O)c1ccc(SCc2ccccc2)cc1)OCC1CC1. The van der Waals surface area contributed by atoms with Crippen molar-refractivity contribution in [2.75, 3.05) is 13.2 Å². The number of nitrogens with one attached hydrogen (secondary N) is 1. The zero-order chi connectivity index (χ0) is 17.5. The van der Waals surface area contributed by atoms with Crippen LogP contribution < -0.4 is 5.32 Å². The topological polar surface area (TPSA) is 55.4 Å². The Morgan fingerprint density at radius 1 is 1.04 bits per heavy atom. The molecule has 1 aliphatic carbocycles. The Hall–Kier alpha value is -2.27. The van der Waals surface area contributed by atoms with Crippen LogP contribution in [0, 0.1) is 5.92 Å². The van der Waals surface area contributed by atoms with Gasteiger partial charge in [0.25, 0.3) is 5.91 Å². The number of amides is 1. The summed E-state index contributed by atoms with van der Waals surface area (Å²) in [4.78, 5) is 24.7. The van der Waals surface area contributed by atoms with Crippen molar-refractivity contribution in [3.05, 3.63) is 65.7 Å². The van der Waals surface area contributed by atoms with Gasteiger partial charge in [-0.25, -0.2) is 0 Å². The van der Waals surface area contributed by atoms with E-state index >= 15 is 0 Å². The molecule has 1 saturated carbocycles. The molecule has 2 aromatic carbocycles. The molecule has 1 amide bonds. The predicted molar refractivity (Wildman–Crippen MR) is 98.5 cm³/mol. The maximum atomic E-state index is 12.1. The van der Waals surface area contributed by atoms with Crippen molar-refractivity contribution in [1.82, 2.24) is 5.32 Å². The summed E-state index contributed by atoms with van der Waals surface area (Å²) in [7, 11) is 0. The summed E-state index contributed by atoms with van der Waals surface area (Å²) in [5.41, 5.74) is 1.80. The van der Waals surface area contributed by atoms with E-state index in [0.29, 0.717) is 18.1 Å². The molecule has 0 aromatic heterocycles. The molecule has 3 rings (SSSR count). The van der Waals surface area contributed by atoms with Gasteiger partial charge in [0, 0.05) is 16.2 Å². The molecule has 0 atom stereocenters. The molecule has 5 heteroatoms. The number of ether oxygens (including phenoxy) is 1. The van der Waals surface area contributed by atoms with E-state index in [-0.39, 0.29) is 18.4 Å². The highest BCUT2D eigenvalue weighted by atomic mass is 32.2. The number of hydrogen-bond acceptors (Lipinski definition) is 4. The number of rotatable bonds is 8. The van der Waals surface area contributed by atoms with Crippen LogP contribution in [0.15, 0.2) is 59.5 Å². The molecule has 0 spiro atoms. The fourth-order valence-electron chi connectivity index (χ4n) is 2.24. The van der Waals surface area contributed by atoms with E-state index in [0.717, 1.165) is 23.5 Å². The molecule has 1 N–H and O–H groups in total. The number of carbonyl (C=O) groups excluding carboxylic acids is 2. The molecule has 0 bridgehead atoms. The van der Waals surface area contributed by atoms with Crippen molar-refractivity contribution in [3.8, 4) is 0 Å². The molecular weight excluding hydrogens is 334 g/mol. The number of esters is 1. The van der Waals surface area contributed by atoms with Crippen LogP contribution in [-0.4, -0.2) is 25.0 Å². The highest BCUT2D eigenvalue weighted by molar-refractivity contribution is 7.98. The number of carbonyl (C=O) groups is 2. The lowest BCUT2D eigenvalue weighted by atomic mass is 10.2. The van der Waals surface area contributed by atoms with Gasteiger partial charge in [-0.3, -0.25) is 9.59 Å². The van der Waals surface area contributed by atoms with Gasteiger partial charge in [-0.2, -0.15) is 0 Å². The van der Waals surface area contributed by atoms with Crippen LogP contribution in [0.5, 0.6) is 0 Å². The van der Waals surface area contributed by atoms with E-state index in [1.807, 2.05) is 30.3 Å².